The molecule has 1 fully saturated rings. The summed E-state index contributed by atoms with van der Waals surface area (Å²) in [5, 5.41) is 0. The normalized spacial score (nSPS) is 18.6. The molecule has 1 aliphatic rings. The average molecular weight is 283 g/mol. The van der Waals surface area contributed by atoms with Crippen molar-refractivity contribution >= 4 is 12.1 Å². The summed E-state index contributed by atoms with van der Waals surface area (Å²) in [5.41, 5.74) is 0.557. The summed E-state index contributed by atoms with van der Waals surface area (Å²) < 4.78 is 10.3. The van der Waals surface area contributed by atoms with Crippen LogP contribution in [0.1, 0.15) is 47.0 Å². The lowest BCUT2D eigenvalue weighted by atomic mass is 10.1. The molecule has 0 aromatic carbocycles. The van der Waals surface area contributed by atoms with Crippen LogP contribution in [0.3, 0.4) is 0 Å². The molecule has 0 atom stereocenters. The minimum atomic E-state index is -0.479. The summed E-state index contributed by atoms with van der Waals surface area (Å²) in [6.07, 6.45) is 3.62. The van der Waals surface area contributed by atoms with Gasteiger partial charge in [-0.05, 0) is 47.0 Å². The van der Waals surface area contributed by atoms with Gasteiger partial charge >= 0.3 is 12.1 Å². The summed E-state index contributed by atoms with van der Waals surface area (Å²) in [7, 11) is 0. The minimum absolute atomic E-state index is 0.283. The van der Waals surface area contributed by atoms with Gasteiger partial charge in [0, 0.05) is 19.2 Å². The van der Waals surface area contributed by atoms with E-state index in [2.05, 4.69) is 0 Å². The molecule has 1 saturated heterocycles. The van der Waals surface area contributed by atoms with Crippen molar-refractivity contribution in [1.29, 1.82) is 0 Å². The van der Waals surface area contributed by atoms with Crippen molar-refractivity contribution in [2.75, 3.05) is 19.7 Å². The molecule has 0 aliphatic carbocycles. The number of likely N-dealkylation sites (tertiary alicyclic amines) is 1. The van der Waals surface area contributed by atoms with Gasteiger partial charge in [-0.3, -0.25) is 0 Å². The molecule has 0 aromatic heterocycles. The first-order chi connectivity index (χ1) is 9.31. The van der Waals surface area contributed by atoms with Gasteiger partial charge < -0.3 is 14.4 Å². The number of ether oxygens (including phenoxy) is 2. The number of hydrogen-bond donors (Lipinski definition) is 0. The zero-order valence-electron chi connectivity index (χ0n) is 12.9. The molecule has 5 nitrogen and oxygen atoms in total. The highest BCUT2D eigenvalue weighted by Crippen LogP contribution is 2.19. The van der Waals surface area contributed by atoms with E-state index in [1.807, 2.05) is 20.8 Å². The largest absolute Gasteiger partial charge is 0.463 e. The monoisotopic (exact) mass is 283 g/mol. The molecule has 0 saturated carbocycles. The van der Waals surface area contributed by atoms with Crippen molar-refractivity contribution in [3.8, 4) is 0 Å². The topological polar surface area (TPSA) is 55.8 Å². The Balaban J connectivity index is 2.55. The van der Waals surface area contributed by atoms with Crippen LogP contribution in [0.5, 0.6) is 0 Å². The van der Waals surface area contributed by atoms with E-state index in [4.69, 9.17) is 9.47 Å². The van der Waals surface area contributed by atoms with E-state index in [-0.39, 0.29) is 12.1 Å². The third kappa shape index (κ3) is 6.08. The van der Waals surface area contributed by atoms with Crippen molar-refractivity contribution in [3.05, 3.63) is 11.6 Å². The number of hydrogen-bond acceptors (Lipinski definition) is 4. The Hall–Kier alpha value is -1.52. The molecule has 1 heterocycles. The summed E-state index contributed by atoms with van der Waals surface area (Å²) in [6, 6.07) is 0. The van der Waals surface area contributed by atoms with E-state index in [1.165, 1.54) is 0 Å². The van der Waals surface area contributed by atoms with E-state index in [0.717, 1.165) is 18.4 Å². The Morgan fingerprint density at radius 1 is 1.25 bits per heavy atom. The summed E-state index contributed by atoms with van der Waals surface area (Å²) >= 11 is 0. The fraction of sp³-hybridized carbons (Fsp3) is 0.733. The molecule has 0 N–H and O–H groups in total. The van der Waals surface area contributed by atoms with Gasteiger partial charge in [0.25, 0.3) is 0 Å². The summed E-state index contributed by atoms with van der Waals surface area (Å²) in [4.78, 5) is 25.1. The number of carbonyl (C=O) groups is 2. The fourth-order valence-corrected chi connectivity index (χ4v) is 2.02. The Bertz CT molecular complexity index is 382. The highest BCUT2D eigenvalue weighted by molar-refractivity contribution is 5.82. The Labute approximate surface area is 120 Å². The molecule has 0 aromatic rings. The van der Waals surface area contributed by atoms with Crippen LogP contribution in [0.15, 0.2) is 11.6 Å². The molecule has 1 amide bonds. The number of rotatable bonds is 2. The standard InChI is InChI=1S/C15H25NO4/c1-5-19-13(17)11-12-7-6-9-16(10-8-12)14(18)20-15(2,3)4/h11H,5-10H2,1-4H3. The lowest BCUT2D eigenvalue weighted by Gasteiger charge is -2.26. The van der Waals surface area contributed by atoms with Crippen LogP contribution < -0.4 is 0 Å². The average Bonchev–Trinajstić information content (AvgIpc) is 2.52. The predicted octanol–water partition coefficient (Wildman–Crippen LogP) is 2.90. The predicted molar refractivity (Wildman–Crippen MR) is 76.4 cm³/mol. The molecule has 1 aliphatic heterocycles. The zero-order chi connectivity index (χ0) is 15.2. The van der Waals surface area contributed by atoms with Crippen molar-refractivity contribution < 1.29 is 19.1 Å². The number of nitrogens with zero attached hydrogens (tertiary/aromatic N) is 1. The van der Waals surface area contributed by atoms with E-state index in [1.54, 1.807) is 17.9 Å². The van der Waals surface area contributed by atoms with Gasteiger partial charge in [0.05, 0.1) is 6.61 Å². The second kappa shape index (κ2) is 7.31. The second-order valence-electron chi connectivity index (χ2n) is 5.88. The summed E-state index contributed by atoms with van der Waals surface area (Å²) in [6.45, 7) is 8.98. The van der Waals surface area contributed by atoms with Crippen molar-refractivity contribution in [2.24, 2.45) is 0 Å². The minimum Gasteiger partial charge on any atom is -0.463 e. The number of amides is 1. The van der Waals surface area contributed by atoms with Crippen LogP contribution in [-0.4, -0.2) is 42.3 Å². The number of carbonyl (C=O) groups excluding carboxylic acids is 2. The first-order valence-corrected chi connectivity index (χ1v) is 7.16. The Morgan fingerprint density at radius 3 is 2.55 bits per heavy atom. The molecule has 5 heteroatoms. The van der Waals surface area contributed by atoms with Gasteiger partial charge in [-0.2, -0.15) is 0 Å². The Kier molecular flexibility index (Phi) is 6.05. The number of esters is 1. The maximum Gasteiger partial charge on any atom is 0.410 e. The van der Waals surface area contributed by atoms with E-state index >= 15 is 0 Å². The van der Waals surface area contributed by atoms with Crippen molar-refractivity contribution in [1.82, 2.24) is 4.90 Å². The van der Waals surface area contributed by atoms with E-state index < -0.39 is 5.60 Å². The van der Waals surface area contributed by atoms with Crippen molar-refractivity contribution in [3.63, 3.8) is 0 Å². The van der Waals surface area contributed by atoms with Gasteiger partial charge in [0.15, 0.2) is 0 Å². The molecule has 0 unspecified atom stereocenters. The highest BCUT2D eigenvalue weighted by atomic mass is 16.6. The maximum atomic E-state index is 12.0. The van der Waals surface area contributed by atoms with E-state index in [0.29, 0.717) is 26.1 Å². The first-order valence-electron chi connectivity index (χ1n) is 7.16. The van der Waals surface area contributed by atoms with Gasteiger partial charge in [-0.25, -0.2) is 9.59 Å². The van der Waals surface area contributed by atoms with Crippen LogP contribution in [0.2, 0.25) is 0 Å². The van der Waals surface area contributed by atoms with Gasteiger partial charge in [-0.15, -0.1) is 0 Å². The highest BCUT2D eigenvalue weighted by Gasteiger charge is 2.23. The molecule has 0 bridgehead atoms. The zero-order valence-corrected chi connectivity index (χ0v) is 12.9. The molecule has 0 spiro atoms. The first kappa shape index (κ1) is 16.5. The van der Waals surface area contributed by atoms with Crippen LogP contribution in [-0.2, 0) is 14.3 Å². The third-order valence-corrected chi connectivity index (χ3v) is 2.89. The molecule has 1 rings (SSSR count). The SMILES string of the molecule is CCOC(=O)C=C1CCCN(C(=O)OC(C)(C)C)CC1. The van der Waals surface area contributed by atoms with Crippen LogP contribution in [0.25, 0.3) is 0 Å². The van der Waals surface area contributed by atoms with Gasteiger partial charge in [0.1, 0.15) is 5.60 Å². The van der Waals surface area contributed by atoms with E-state index in [9.17, 15) is 9.59 Å². The van der Waals surface area contributed by atoms with Crippen LogP contribution in [0.4, 0.5) is 4.79 Å². The molecular formula is C15H25NO4. The molecule has 0 radical (unpaired) electrons. The Morgan fingerprint density at radius 2 is 1.95 bits per heavy atom. The van der Waals surface area contributed by atoms with Crippen molar-refractivity contribution in [2.45, 2.75) is 52.6 Å². The molecule has 20 heavy (non-hydrogen) atoms. The molecular weight excluding hydrogens is 258 g/mol. The van der Waals surface area contributed by atoms with Gasteiger partial charge in [0.2, 0.25) is 0 Å². The fourth-order valence-electron chi connectivity index (χ4n) is 2.02. The smallest absolute Gasteiger partial charge is 0.410 e. The lowest BCUT2D eigenvalue weighted by molar-refractivity contribution is -0.137. The second-order valence-corrected chi connectivity index (χ2v) is 5.88. The van der Waals surface area contributed by atoms with Crippen LogP contribution in [0, 0.1) is 0 Å². The maximum absolute atomic E-state index is 12.0. The van der Waals surface area contributed by atoms with Crippen LogP contribution >= 0.6 is 0 Å². The summed E-state index contributed by atoms with van der Waals surface area (Å²) in [5.74, 6) is -0.298. The quantitative estimate of drug-likeness (QED) is 0.577. The van der Waals surface area contributed by atoms with Gasteiger partial charge in [-0.1, -0.05) is 5.57 Å². The lowest BCUT2D eigenvalue weighted by Crippen LogP contribution is -2.37. The molecule has 114 valence electrons. The third-order valence-electron chi connectivity index (χ3n) is 2.89.